The molecule has 0 fully saturated rings. The molecular weight excluding hydrogens is 244 g/mol. The van der Waals surface area contributed by atoms with Crippen molar-refractivity contribution < 1.29 is 9.47 Å². The molecule has 2 aromatic rings. The molecule has 0 aliphatic rings. The number of hydrogen-bond donors (Lipinski definition) is 2. The third kappa shape index (κ3) is 2.29. The molecule has 0 aliphatic heterocycles. The molecule has 4 N–H and O–H groups in total. The largest absolute Gasteiger partial charge is 0.497 e. The fourth-order valence-electron chi connectivity index (χ4n) is 1.90. The highest BCUT2D eigenvalue weighted by Crippen LogP contribution is 2.32. The summed E-state index contributed by atoms with van der Waals surface area (Å²) in [5, 5.41) is 0. The zero-order chi connectivity index (χ0) is 14.0. The molecule has 2 rings (SSSR count). The van der Waals surface area contributed by atoms with Gasteiger partial charge in [-0.25, -0.2) is 9.66 Å². The zero-order valence-corrected chi connectivity index (χ0v) is 11.3. The molecule has 1 aromatic carbocycles. The minimum atomic E-state index is 0.423. The molecule has 0 atom stereocenters. The van der Waals surface area contributed by atoms with Crippen molar-refractivity contribution in [1.29, 1.82) is 0 Å². The maximum Gasteiger partial charge on any atom is 0.150 e. The van der Waals surface area contributed by atoms with Crippen LogP contribution in [0.5, 0.6) is 11.5 Å². The summed E-state index contributed by atoms with van der Waals surface area (Å²) in [6.45, 7) is 1.97. The summed E-state index contributed by atoms with van der Waals surface area (Å²) in [6, 6.07) is 5.49. The van der Waals surface area contributed by atoms with Crippen LogP contribution in [-0.4, -0.2) is 23.9 Å². The maximum atomic E-state index is 5.99. The highest BCUT2D eigenvalue weighted by Gasteiger charge is 2.15. The van der Waals surface area contributed by atoms with Crippen LogP contribution in [-0.2, 0) is 6.42 Å². The van der Waals surface area contributed by atoms with Gasteiger partial charge in [0.05, 0.1) is 14.2 Å². The maximum absolute atomic E-state index is 5.99. The number of nitrogens with zero attached hydrogens (tertiary/aromatic N) is 2. The third-order valence-electron chi connectivity index (χ3n) is 2.96. The van der Waals surface area contributed by atoms with Gasteiger partial charge in [-0.2, -0.15) is 0 Å². The number of ether oxygens (including phenoxy) is 2. The molecule has 0 radical (unpaired) electrons. The lowest BCUT2D eigenvalue weighted by Crippen LogP contribution is -2.14. The van der Waals surface area contributed by atoms with Crippen molar-refractivity contribution in [1.82, 2.24) is 9.66 Å². The Balaban J connectivity index is 2.57. The van der Waals surface area contributed by atoms with Gasteiger partial charge in [0, 0.05) is 18.1 Å². The normalized spacial score (nSPS) is 10.5. The van der Waals surface area contributed by atoms with Crippen LogP contribution in [0.15, 0.2) is 18.2 Å². The van der Waals surface area contributed by atoms with E-state index < -0.39 is 0 Å². The van der Waals surface area contributed by atoms with Crippen LogP contribution in [0.3, 0.4) is 0 Å². The number of aromatic nitrogens is 2. The van der Waals surface area contributed by atoms with E-state index in [1.54, 1.807) is 20.3 Å². The quantitative estimate of drug-likeness (QED) is 0.814. The zero-order valence-electron chi connectivity index (χ0n) is 11.3. The standard InChI is InChI=1S/C13H18N4O2/c1-4-11-16-12(13(14)17(11)15)8-5-9(18-2)7-10(6-8)19-3/h5-7H,4,14-15H2,1-3H3. The minimum Gasteiger partial charge on any atom is -0.497 e. The highest BCUT2D eigenvalue weighted by atomic mass is 16.5. The van der Waals surface area contributed by atoms with E-state index >= 15 is 0 Å². The Kier molecular flexibility index (Phi) is 3.50. The molecule has 1 heterocycles. The third-order valence-corrected chi connectivity index (χ3v) is 2.96. The van der Waals surface area contributed by atoms with Crippen LogP contribution < -0.4 is 21.1 Å². The Bertz CT molecular complexity index is 570. The van der Waals surface area contributed by atoms with E-state index in [1.807, 2.05) is 19.1 Å². The molecule has 0 bridgehead atoms. The van der Waals surface area contributed by atoms with Crippen LogP contribution in [0.2, 0.25) is 0 Å². The van der Waals surface area contributed by atoms with Gasteiger partial charge in [-0.3, -0.25) is 0 Å². The Morgan fingerprint density at radius 1 is 1.16 bits per heavy atom. The topological polar surface area (TPSA) is 88.3 Å². The van der Waals surface area contributed by atoms with Crippen LogP contribution in [0, 0.1) is 0 Å². The van der Waals surface area contributed by atoms with Crippen molar-refractivity contribution >= 4 is 5.82 Å². The Hall–Kier alpha value is -2.37. The summed E-state index contributed by atoms with van der Waals surface area (Å²) in [5.41, 5.74) is 7.44. The molecule has 102 valence electrons. The molecule has 0 amide bonds. The van der Waals surface area contributed by atoms with E-state index in [9.17, 15) is 0 Å². The average molecular weight is 262 g/mol. The van der Waals surface area contributed by atoms with Gasteiger partial charge in [0.15, 0.2) is 5.82 Å². The van der Waals surface area contributed by atoms with Crippen molar-refractivity contribution in [3.63, 3.8) is 0 Å². The summed E-state index contributed by atoms with van der Waals surface area (Å²) in [4.78, 5) is 4.45. The predicted molar refractivity (Wildman–Crippen MR) is 74.7 cm³/mol. The smallest absolute Gasteiger partial charge is 0.150 e. The molecule has 1 aromatic heterocycles. The number of rotatable bonds is 4. The Morgan fingerprint density at radius 3 is 2.16 bits per heavy atom. The summed E-state index contributed by atoms with van der Waals surface area (Å²) in [5.74, 6) is 8.37. The number of benzene rings is 1. The fourth-order valence-corrected chi connectivity index (χ4v) is 1.90. The van der Waals surface area contributed by atoms with Gasteiger partial charge in [-0.05, 0) is 12.1 Å². The van der Waals surface area contributed by atoms with E-state index in [0.29, 0.717) is 29.4 Å². The minimum absolute atomic E-state index is 0.423. The number of methoxy groups -OCH3 is 2. The Morgan fingerprint density at radius 2 is 1.74 bits per heavy atom. The summed E-state index contributed by atoms with van der Waals surface area (Å²) >= 11 is 0. The van der Waals surface area contributed by atoms with Crippen LogP contribution in [0.1, 0.15) is 12.7 Å². The van der Waals surface area contributed by atoms with Crippen molar-refractivity contribution in [3.8, 4) is 22.8 Å². The summed E-state index contributed by atoms with van der Waals surface area (Å²) in [6.07, 6.45) is 0.710. The lowest BCUT2D eigenvalue weighted by atomic mass is 10.1. The van der Waals surface area contributed by atoms with Gasteiger partial charge < -0.3 is 21.1 Å². The van der Waals surface area contributed by atoms with Gasteiger partial charge in [0.2, 0.25) is 0 Å². The first-order valence-electron chi connectivity index (χ1n) is 5.96. The lowest BCUT2D eigenvalue weighted by molar-refractivity contribution is 0.394. The number of aryl methyl sites for hydroxylation is 1. The van der Waals surface area contributed by atoms with Crippen molar-refractivity contribution in [2.75, 3.05) is 25.8 Å². The number of nitrogens with two attached hydrogens (primary N) is 2. The van der Waals surface area contributed by atoms with E-state index in [0.717, 1.165) is 11.4 Å². The van der Waals surface area contributed by atoms with Crippen LogP contribution in [0.25, 0.3) is 11.3 Å². The first kappa shape index (κ1) is 13.1. The van der Waals surface area contributed by atoms with Gasteiger partial charge in [-0.15, -0.1) is 0 Å². The molecule has 6 nitrogen and oxygen atoms in total. The molecular formula is C13H18N4O2. The second-order valence-corrected chi connectivity index (χ2v) is 4.09. The van der Waals surface area contributed by atoms with Crippen molar-refractivity contribution in [2.24, 2.45) is 0 Å². The number of hydrogen-bond acceptors (Lipinski definition) is 5. The summed E-state index contributed by atoms with van der Waals surface area (Å²) < 4.78 is 11.9. The van der Waals surface area contributed by atoms with Gasteiger partial charge in [0.1, 0.15) is 23.0 Å². The lowest BCUT2D eigenvalue weighted by Gasteiger charge is -2.07. The monoisotopic (exact) mass is 262 g/mol. The van der Waals surface area contributed by atoms with E-state index in [1.165, 1.54) is 4.68 Å². The van der Waals surface area contributed by atoms with Gasteiger partial charge >= 0.3 is 0 Å². The predicted octanol–water partition coefficient (Wildman–Crippen LogP) is 1.43. The van der Waals surface area contributed by atoms with Gasteiger partial charge in [0.25, 0.3) is 0 Å². The van der Waals surface area contributed by atoms with E-state index in [2.05, 4.69) is 4.98 Å². The van der Waals surface area contributed by atoms with Crippen LogP contribution in [0.4, 0.5) is 5.82 Å². The fraction of sp³-hybridized carbons (Fsp3) is 0.308. The first-order chi connectivity index (χ1) is 9.10. The molecule has 19 heavy (non-hydrogen) atoms. The Labute approximate surface area is 111 Å². The second-order valence-electron chi connectivity index (χ2n) is 4.09. The van der Waals surface area contributed by atoms with Crippen molar-refractivity contribution in [3.05, 3.63) is 24.0 Å². The molecule has 0 aliphatic carbocycles. The first-order valence-corrected chi connectivity index (χ1v) is 5.96. The number of nitrogen functional groups attached to an aromatic ring is 2. The van der Waals surface area contributed by atoms with Gasteiger partial charge in [-0.1, -0.05) is 6.92 Å². The van der Waals surface area contributed by atoms with E-state index in [4.69, 9.17) is 21.1 Å². The number of imidazole rings is 1. The van der Waals surface area contributed by atoms with Crippen LogP contribution >= 0.6 is 0 Å². The SMILES string of the molecule is CCc1nc(-c2cc(OC)cc(OC)c2)c(N)n1N. The molecule has 0 spiro atoms. The molecule has 6 heteroatoms. The molecule has 0 saturated heterocycles. The molecule has 0 saturated carbocycles. The second kappa shape index (κ2) is 5.09. The number of anilines is 1. The van der Waals surface area contributed by atoms with Crippen molar-refractivity contribution in [2.45, 2.75) is 13.3 Å². The average Bonchev–Trinajstić information content (AvgIpc) is 2.74. The molecule has 0 unspecified atom stereocenters. The summed E-state index contributed by atoms with van der Waals surface area (Å²) in [7, 11) is 3.20. The highest BCUT2D eigenvalue weighted by molar-refractivity contribution is 5.73. The van der Waals surface area contributed by atoms with E-state index in [-0.39, 0.29) is 0 Å².